The summed E-state index contributed by atoms with van der Waals surface area (Å²) in [7, 11) is 0. The summed E-state index contributed by atoms with van der Waals surface area (Å²) in [6.07, 6.45) is 0.788. The van der Waals surface area contributed by atoms with E-state index in [0.29, 0.717) is 0 Å². The quantitative estimate of drug-likeness (QED) is 0.665. The molecule has 1 atom stereocenters. The van der Waals surface area contributed by atoms with E-state index < -0.39 is 4.92 Å². The minimum atomic E-state index is -0.549. The monoisotopic (exact) mass is 284 g/mol. The SMILES string of the molecule is CCC(NC(=O)c1cc([N+](=O)[O-])ccc1Cl)C(C)C. The molecule has 1 aromatic rings. The lowest BCUT2D eigenvalue weighted by molar-refractivity contribution is -0.384. The van der Waals surface area contributed by atoms with Crippen LogP contribution in [0.2, 0.25) is 5.02 Å². The molecule has 0 bridgehead atoms. The fourth-order valence-electron chi connectivity index (χ4n) is 1.79. The van der Waals surface area contributed by atoms with E-state index >= 15 is 0 Å². The van der Waals surface area contributed by atoms with Gasteiger partial charge in [0.05, 0.1) is 15.5 Å². The third-order valence-corrected chi connectivity index (χ3v) is 3.30. The summed E-state index contributed by atoms with van der Waals surface area (Å²) in [5, 5.41) is 13.8. The Morgan fingerprint density at radius 1 is 1.47 bits per heavy atom. The Morgan fingerprint density at radius 2 is 2.11 bits per heavy atom. The van der Waals surface area contributed by atoms with Gasteiger partial charge < -0.3 is 5.32 Å². The number of benzene rings is 1. The average molecular weight is 285 g/mol. The van der Waals surface area contributed by atoms with Gasteiger partial charge in [-0.05, 0) is 18.4 Å². The maximum Gasteiger partial charge on any atom is 0.270 e. The van der Waals surface area contributed by atoms with Gasteiger partial charge in [-0.25, -0.2) is 0 Å². The number of nitrogens with zero attached hydrogens (tertiary/aromatic N) is 1. The summed E-state index contributed by atoms with van der Waals surface area (Å²) in [6, 6.07) is 3.86. The number of hydrogen-bond donors (Lipinski definition) is 1. The summed E-state index contributed by atoms with van der Waals surface area (Å²) in [6.45, 7) is 5.98. The van der Waals surface area contributed by atoms with Crippen LogP contribution in [0.1, 0.15) is 37.6 Å². The predicted octanol–water partition coefficient (Wildman–Crippen LogP) is 3.41. The van der Waals surface area contributed by atoms with E-state index in [9.17, 15) is 14.9 Å². The molecule has 0 aromatic heterocycles. The Bertz CT molecular complexity index is 489. The second-order valence-corrected chi connectivity index (χ2v) is 5.06. The van der Waals surface area contributed by atoms with E-state index in [1.165, 1.54) is 18.2 Å². The van der Waals surface area contributed by atoms with Crippen molar-refractivity contribution in [3.8, 4) is 0 Å². The van der Waals surface area contributed by atoms with Crippen molar-refractivity contribution in [2.45, 2.75) is 33.2 Å². The molecule has 1 unspecified atom stereocenters. The van der Waals surface area contributed by atoms with Crippen molar-refractivity contribution in [3.05, 3.63) is 38.9 Å². The highest BCUT2D eigenvalue weighted by Crippen LogP contribution is 2.22. The van der Waals surface area contributed by atoms with Gasteiger partial charge in [0.2, 0.25) is 0 Å². The van der Waals surface area contributed by atoms with Crippen molar-refractivity contribution in [1.82, 2.24) is 5.32 Å². The minimum Gasteiger partial charge on any atom is -0.349 e. The number of rotatable bonds is 5. The summed E-state index contributed by atoms with van der Waals surface area (Å²) < 4.78 is 0. The third-order valence-electron chi connectivity index (χ3n) is 2.97. The number of carbonyl (C=O) groups is 1. The first-order valence-corrected chi connectivity index (χ1v) is 6.49. The highest BCUT2D eigenvalue weighted by Gasteiger charge is 2.19. The molecule has 0 aliphatic heterocycles. The van der Waals surface area contributed by atoms with Gasteiger partial charge in [0.25, 0.3) is 11.6 Å². The smallest absolute Gasteiger partial charge is 0.270 e. The molecule has 1 rings (SSSR count). The average Bonchev–Trinajstić information content (AvgIpc) is 2.35. The highest BCUT2D eigenvalue weighted by molar-refractivity contribution is 6.33. The number of halogens is 1. The summed E-state index contributed by atoms with van der Waals surface area (Å²) >= 11 is 5.92. The number of hydrogen-bond acceptors (Lipinski definition) is 3. The zero-order valence-electron chi connectivity index (χ0n) is 11.1. The second-order valence-electron chi connectivity index (χ2n) is 4.65. The minimum absolute atomic E-state index is 0.0165. The lowest BCUT2D eigenvalue weighted by atomic mass is 10.0. The molecule has 0 saturated heterocycles. The molecular formula is C13H17ClN2O3. The fraction of sp³-hybridized carbons (Fsp3) is 0.462. The van der Waals surface area contributed by atoms with Gasteiger partial charge in [-0.2, -0.15) is 0 Å². The molecule has 0 saturated carbocycles. The molecular weight excluding hydrogens is 268 g/mol. The third kappa shape index (κ3) is 3.92. The molecule has 1 N–H and O–H groups in total. The number of nitro benzene ring substituents is 1. The molecule has 1 aromatic carbocycles. The normalized spacial score (nSPS) is 12.3. The van der Waals surface area contributed by atoms with Gasteiger partial charge in [-0.3, -0.25) is 14.9 Å². The van der Waals surface area contributed by atoms with E-state index in [1.54, 1.807) is 0 Å². The van der Waals surface area contributed by atoms with Crippen molar-refractivity contribution >= 4 is 23.2 Å². The Kier molecular flexibility index (Phi) is 5.30. The van der Waals surface area contributed by atoms with Crippen LogP contribution < -0.4 is 5.32 Å². The molecule has 0 spiro atoms. The van der Waals surface area contributed by atoms with E-state index in [1.807, 2.05) is 20.8 Å². The molecule has 6 heteroatoms. The van der Waals surface area contributed by atoms with Gasteiger partial charge in [-0.1, -0.05) is 32.4 Å². The number of nitrogens with one attached hydrogen (secondary N) is 1. The molecule has 19 heavy (non-hydrogen) atoms. The van der Waals surface area contributed by atoms with Gasteiger partial charge in [0.15, 0.2) is 0 Å². The Morgan fingerprint density at radius 3 is 2.58 bits per heavy atom. The zero-order chi connectivity index (χ0) is 14.6. The van der Waals surface area contributed by atoms with Crippen LogP contribution in [0.4, 0.5) is 5.69 Å². The van der Waals surface area contributed by atoms with Gasteiger partial charge in [-0.15, -0.1) is 0 Å². The molecule has 5 nitrogen and oxygen atoms in total. The van der Waals surface area contributed by atoms with Crippen molar-refractivity contribution in [1.29, 1.82) is 0 Å². The fourth-order valence-corrected chi connectivity index (χ4v) is 1.99. The molecule has 0 heterocycles. The topological polar surface area (TPSA) is 72.2 Å². The predicted molar refractivity (Wildman–Crippen MR) is 74.5 cm³/mol. The van der Waals surface area contributed by atoms with Crippen LogP contribution in [0.15, 0.2) is 18.2 Å². The van der Waals surface area contributed by atoms with Crippen LogP contribution >= 0.6 is 11.6 Å². The molecule has 0 fully saturated rings. The van der Waals surface area contributed by atoms with E-state index in [2.05, 4.69) is 5.32 Å². The van der Waals surface area contributed by atoms with Crippen LogP contribution in [-0.4, -0.2) is 16.9 Å². The van der Waals surface area contributed by atoms with Crippen LogP contribution in [0.3, 0.4) is 0 Å². The lowest BCUT2D eigenvalue weighted by Gasteiger charge is -2.20. The van der Waals surface area contributed by atoms with E-state index in [-0.39, 0.29) is 34.1 Å². The molecule has 0 aliphatic carbocycles. The van der Waals surface area contributed by atoms with Crippen LogP contribution in [0.25, 0.3) is 0 Å². The number of carbonyl (C=O) groups excluding carboxylic acids is 1. The summed E-state index contributed by atoms with van der Waals surface area (Å²) in [4.78, 5) is 22.3. The highest BCUT2D eigenvalue weighted by atomic mass is 35.5. The molecule has 0 aliphatic rings. The first-order valence-electron chi connectivity index (χ1n) is 6.11. The van der Waals surface area contributed by atoms with Gasteiger partial charge >= 0.3 is 0 Å². The molecule has 104 valence electrons. The Labute approximate surface area is 117 Å². The molecule has 0 radical (unpaired) electrons. The van der Waals surface area contributed by atoms with Crippen molar-refractivity contribution in [2.75, 3.05) is 0 Å². The van der Waals surface area contributed by atoms with Crippen molar-refractivity contribution in [2.24, 2.45) is 5.92 Å². The summed E-state index contributed by atoms with van der Waals surface area (Å²) in [5.41, 5.74) is -0.0119. The number of non-ortho nitro benzene ring substituents is 1. The van der Waals surface area contributed by atoms with Gasteiger partial charge in [0.1, 0.15) is 0 Å². The van der Waals surface area contributed by atoms with Crippen molar-refractivity contribution < 1.29 is 9.72 Å². The van der Waals surface area contributed by atoms with Gasteiger partial charge in [0, 0.05) is 18.2 Å². The maximum absolute atomic E-state index is 12.1. The zero-order valence-corrected chi connectivity index (χ0v) is 11.9. The Balaban J connectivity index is 2.99. The largest absolute Gasteiger partial charge is 0.349 e. The lowest BCUT2D eigenvalue weighted by Crippen LogP contribution is -2.38. The summed E-state index contributed by atoms with van der Waals surface area (Å²) in [5.74, 6) is -0.0966. The van der Waals surface area contributed by atoms with Crippen LogP contribution in [0.5, 0.6) is 0 Å². The first kappa shape index (κ1) is 15.4. The van der Waals surface area contributed by atoms with Crippen LogP contribution in [0, 0.1) is 16.0 Å². The van der Waals surface area contributed by atoms with Crippen molar-refractivity contribution in [3.63, 3.8) is 0 Å². The number of amides is 1. The second kappa shape index (κ2) is 6.52. The molecule has 1 amide bonds. The standard InChI is InChI=1S/C13H17ClN2O3/c1-4-12(8(2)3)15-13(17)10-7-9(16(18)19)5-6-11(10)14/h5-8,12H,4H2,1-3H3,(H,15,17). The van der Waals surface area contributed by atoms with E-state index in [0.717, 1.165) is 6.42 Å². The van der Waals surface area contributed by atoms with Crippen LogP contribution in [-0.2, 0) is 0 Å². The van der Waals surface area contributed by atoms with E-state index in [4.69, 9.17) is 11.6 Å². The first-order chi connectivity index (χ1) is 8.86. The number of nitro groups is 1. The maximum atomic E-state index is 12.1. The Hall–Kier alpha value is -1.62.